The molecular weight excluding hydrogens is 288 g/mol. The lowest BCUT2D eigenvalue weighted by Gasteiger charge is -2.17. The van der Waals surface area contributed by atoms with Crippen molar-refractivity contribution in [3.63, 3.8) is 0 Å². The molecule has 5 nitrogen and oxygen atoms in total. The van der Waals surface area contributed by atoms with Crippen LogP contribution in [-0.2, 0) is 4.79 Å². The van der Waals surface area contributed by atoms with Crippen LogP contribution in [0.5, 0.6) is 0 Å². The van der Waals surface area contributed by atoms with E-state index in [9.17, 15) is 14.7 Å². The Morgan fingerprint density at radius 1 is 1.29 bits per heavy atom. The summed E-state index contributed by atoms with van der Waals surface area (Å²) in [4.78, 5) is 24.1. The molecule has 2 rings (SSSR count). The number of hydrogen-bond donors (Lipinski definition) is 3. The largest absolute Gasteiger partial charge is 0.396 e. The van der Waals surface area contributed by atoms with E-state index in [0.29, 0.717) is 29.8 Å². The molecule has 1 fully saturated rings. The summed E-state index contributed by atoms with van der Waals surface area (Å²) >= 11 is 1.38. The van der Waals surface area contributed by atoms with Crippen molar-refractivity contribution >= 4 is 23.2 Å². The lowest BCUT2D eigenvalue weighted by molar-refractivity contribution is -0.121. The van der Waals surface area contributed by atoms with Gasteiger partial charge in [0.15, 0.2) is 0 Å². The quantitative estimate of drug-likeness (QED) is 0.712. The Balaban J connectivity index is 1.60. The van der Waals surface area contributed by atoms with Crippen LogP contribution < -0.4 is 10.6 Å². The van der Waals surface area contributed by atoms with Crippen molar-refractivity contribution in [3.8, 4) is 0 Å². The fraction of sp³-hybridized carbons (Fsp3) is 0.600. The lowest BCUT2D eigenvalue weighted by atomic mass is 9.97. The van der Waals surface area contributed by atoms with Gasteiger partial charge in [0.25, 0.3) is 5.91 Å². The van der Waals surface area contributed by atoms with E-state index in [4.69, 9.17) is 0 Å². The average molecular weight is 310 g/mol. The summed E-state index contributed by atoms with van der Waals surface area (Å²) in [5, 5.41) is 16.7. The smallest absolute Gasteiger partial charge is 0.261 e. The van der Waals surface area contributed by atoms with Crippen LogP contribution in [0.1, 0.15) is 35.4 Å². The highest BCUT2D eigenvalue weighted by atomic mass is 32.1. The first-order chi connectivity index (χ1) is 10.2. The monoisotopic (exact) mass is 310 g/mol. The molecule has 0 aliphatic heterocycles. The number of rotatable bonds is 7. The van der Waals surface area contributed by atoms with Crippen LogP contribution in [-0.4, -0.2) is 36.6 Å². The summed E-state index contributed by atoms with van der Waals surface area (Å²) in [7, 11) is 0. The van der Waals surface area contributed by atoms with Gasteiger partial charge in [-0.1, -0.05) is 12.5 Å². The Morgan fingerprint density at radius 2 is 2.10 bits per heavy atom. The summed E-state index contributed by atoms with van der Waals surface area (Å²) in [5.74, 6) is 0.530. The zero-order chi connectivity index (χ0) is 15.1. The SMILES string of the molecule is O=C(CCNC(=O)c1cccs1)NCC1CCCC1CO. The molecule has 1 heterocycles. The van der Waals surface area contributed by atoms with Crippen LogP contribution in [0.4, 0.5) is 0 Å². The summed E-state index contributed by atoms with van der Waals surface area (Å²) in [6, 6.07) is 3.58. The zero-order valence-electron chi connectivity index (χ0n) is 12.0. The maximum absolute atomic E-state index is 11.7. The van der Waals surface area contributed by atoms with Gasteiger partial charge in [0.05, 0.1) is 4.88 Å². The van der Waals surface area contributed by atoms with E-state index in [1.807, 2.05) is 11.4 Å². The van der Waals surface area contributed by atoms with E-state index in [2.05, 4.69) is 10.6 Å². The Hall–Kier alpha value is -1.40. The normalized spacial score (nSPS) is 21.2. The highest BCUT2D eigenvalue weighted by molar-refractivity contribution is 7.12. The molecule has 0 aromatic carbocycles. The molecular formula is C15H22N2O3S. The Bertz CT molecular complexity index is 461. The third kappa shape index (κ3) is 4.82. The van der Waals surface area contributed by atoms with Gasteiger partial charge in [0.2, 0.25) is 5.91 Å². The van der Waals surface area contributed by atoms with E-state index < -0.39 is 0 Å². The van der Waals surface area contributed by atoms with E-state index in [-0.39, 0.29) is 24.8 Å². The van der Waals surface area contributed by atoms with Crippen molar-refractivity contribution in [2.24, 2.45) is 11.8 Å². The van der Waals surface area contributed by atoms with Crippen molar-refractivity contribution < 1.29 is 14.7 Å². The molecule has 1 aromatic rings. The van der Waals surface area contributed by atoms with Crippen LogP contribution in [0, 0.1) is 11.8 Å². The number of hydrogen-bond acceptors (Lipinski definition) is 4. The second-order valence-electron chi connectivity index (χ2n) is 5.42. The molecule has 2 unspecified atom stereocenters. The number of nitrogens with one attached hydrogen (secondary N) is 2. The second-order valence-corrected chi connectivity index (χ2v) is 6.37. The van der Waals surface area contributed by atoms with Crippen molar-refractivity contribution in [2.45, 2.75) is 25.7 Å². The number of carbonyl (C=O) groups is 2. The lowest BCUT2D eigenvalue weighted by Crippen LogP contribution is -2.34. The van der Waals surface area contributed by atoms with E-state index in [1.165, 1.54) is 11.3 Å². The Kier molecular flexibility index (Phi) is 6.20. The molecule has 3 N–H and O–H groups in total. The molecule has 116 valence electrons. The maximum atomic E-state index is 11.7. The average Bonchev–Trinajstić information content (AvgIpc) is 3.15. The number of carbonyl (C=O) groups excluding carboxylic acids is 2. The third-order valence-electron chi connectivity index (χ3n) is 4.00. The Morgan fingerprint density at radius 3 is 2.81 bits per heavy atom. The maximum Gasteiger partial charge on any atom is 0.261 e. The molecule has 21 heavy (non-hydrogen) atoms. The van der Waals surface area contributed by atoms with Crippen molar-refractivity contribution in [1.82, 2.24) is 10.6 Å². The van der Waals surface area contributed by atoms with Crippen molar-refractivity contribution in [2.75, 3.05) is 19.7 Å². The fourth-order valence-corrected chi connectivity index (χ4v) is 3.38. The summed E-state index contributed by atoms with van der Waals surface area (Å²) < 4.78 is 0. The molecule has 0 bridgehead atoms. The van der Waals surface area contributed by atoms with Gasteiger partial charge in [-0.25, -0.2) is 0 Å². The van der Waals surface area contributed by atoms with Crippen LogP contribution in [0.15, 0.2) is 17.5 Å². The van der Waals surface area contributed by atoms with Gasteiger partial charge < -0.3 is 15.7 Å². The van der Waals surface area contributed by atoms with Gasteiger partial charge in [0, 0.05) is 26.1 Å². The summed E-state index contributed by atoms with van der Waals surface area (Å²) in [5.41, 5.74) is 0. The molecule has 2 amide bonds. The minimum atomic E-state index is -0.131. The van der Waals surface area contributed by atoms with Crippen LogP contribution in [0.25, 0.3) is 0 Å². The molecule has 1 saturated carbocycles. The van der Waals surface area contributed by atoms with Gasteiger partial charge in [-0.05, 0) is 36.1 Å². The van der Waals surface area contributed by atoms with Gasteiger partial charge in [-0.2, -0.15) is 0 Å². The fourth-order valence-electron chi connectivity index (χ4n) is 2.74. The van der Waals surface area contributed by atoms with Gasteiger partial charge in [0.1, 0.15) is 0 Å². The Labute approximate surface area is 128 Å². The first kappa shape index (κ1) is 16.0. The molecule has 1 aliphatic carbocycles. The third-order valence-corrected chi connectivity index (χ3v) is 4.86. The summed E-state index contributed by atoms with van der Waals surface area (Å²) in [6.07, 6.45) is 3.53. The van der Waals surface area contributed by atoms with E-state index in [1.54, 1.807) is 6.07 Å². The molecule has 0 spiro atoms. The molecule has 0 saturated heterocycles. The van der Waals surface area contributed by atoms with Gasteiger partial charge >= 0.3 is 0 Å². The first-order valence-corrected chi connectivity index (χ1v) is 8.28. The number of aliphatic hydroxyl groups is 1. The standard InChI is InChI=1S/C15H22N2O3S/c18-10-12-4-1-3-11(12)9-17-14(19)6-7-16-15(20)13-5-2-8-21-13/h2,5,8,11-12,18H,1,3-4,6-7,9-10H2,(H,16,20)(H,17,19). The molecule has 2 atom stereocenters. The molecule has 0 radical (unpaired) electrons. The van der Waals surface area contributed by atoms with Crippen LogP contribution in [0.2, 0.25) is 0 Å². The van der Waals surface area contributed by atoms with E-state index >= 15 is 0 Å². The number of amides is 2. The minimum Gasteiger partial charge on any atom is -0.396 e. The van der Waals surface area contributed by atoms with E-state index in [0.717, 1.165) is 19.3 Å². The van der Waals surface area contributed by atoms with Crippen molar-refractivity contribution in [3.05, 3.63) is 22.4 Å². The highest BCUT2D eigenvalue weighted by Crippen LogP contribution is 2.30. The molecule has 6 heteroatoms. The summed E-state index contributed by atoms with van der Waals surface area (Å²) in [6.45, 7) is 1.18. The molecule has 1 aromatic heterocycles. The highest BCUT2D eigenvalue weighted by Gasteiger charge is 2.26. The number of aliphatic hydroxyl groups excluding tert-OH is 1. The van der Waals surface area contributed by atoms with Crippen LogP contribution >= 0.6 is 11.3 Å². The minimum absolute atomic E-state index is 0.0509. The first-order valence-electron chi connectivity index (χ1n) is 7.40. The topological polar surface area (TPSA) is 78.4 Å². The zero-order valence-corrected chi connectivity index (χ0v) is 12.8. The van der Waals surface area contributed by atoms with Crippen molar-refractivity contribution in [1.29, 1.82) is 0 Å². The van der Waals surface area contributed by atoms with Gasteiger partial charge in [-0.15, -0.1) is 11.3 Å². The predicted octanol–water partition coefficient (Wildman–Crippen LogP) is 1.39. The number of thiophene rings is 1. The van der Waals surface area contributed by atoms with Crippen LogP contribution in [0.3, 0.4) is 0 Å². The van der Waals surface area contributed by atoms with Gasteiger partial charge in [-0.3, -0.25) is 9.59 Å². The predicted molar refractivity (Wildman–Crippen MR) is 82.2 cm³/mol. The second kappa shape index (κ2) is 8.14. The molecule has 1 aliphatic rings.